The van der Waals surface area contributed by atoms with Crippen LogP contribution < -0.4 is 4.74 Å². The van der Waals surface area contributed by atoms with Crippen molar-refractivity contribution in [3.05, 3.63) is 73.9 Å². The van der Waals surface area contributed by atoms with E-state index in [1.807, 2.05) is 0 Å². The lowest BCUT2D eigenvalue weighted by Crippen LogP contribution is -2.03. The average Bonchev–Trinajstić information content (AvgIpc) is 2.63. The van der Waals surface area contributed by atoms with E-state index < -0.39 is 10.9 Å². The van der Waals surface area contributed by atoms with Gasteiger partial charge in [0, 0.05) is 24.4 Å². The van der Waals surface area contributed by atoms with Crippen LogP contribution in [0.25, 0.3) is 23.1 Å². The Labute approximate surface area is 164 Å². The fourth-order valence-corrected chi connectivity index (χ4v) is 2.98. The molecule has 0 atom stereocenters. The molecule has 0 bridgehead atoms. The van der Waals surface area contributed by atoms with Crippen molar-refractivity contribution >= 4 is 57.9 Å². The molecule has 8 heteroatoms. The summed E-state index contributed by atoms with van der Waals surface area (Å²) in [6.07, 6.45) is 3.49. The number of non-ortho nitro benzene ring substituents is 1. The fraction of sp³-hybridized carbons (Fsp3) is 0.0526. The van der Waals surface area contributed by atoms with Gasteiger partial charge in [-0.2, -0.15) is 0 Å². The zero-order valence-electron chi connectivity index (χ0n) is 14.0. The Morgan fingerprint density at radius 1 is 1.11 bits per heavy atom. The van der Waals surface area contributed by atoms with Crippen molar-refractivity contribution in [1.29, 1.82) is 0 Å². The van der Waals surface area contributed by atoms with E-state index in [4.69, 9.17) is 27.9 Å². The third-order valence-corrected chi connectivity index (χ3v) is 4.25. The summed E-state index contributed by atoms with van der Waals surface area (Å²) < 4.78 is 5.19. The van der Waals surface area contributed by atoms with E-state index in [0.29, 0.717) is 21.6 Å². The van der Waals surface area contributed by atoms with Gasteiger partial charge in [0.25, 0.3) is 5.69 Å². The summed E-state index contributed by atoms with van der Waals surface area (Å²) in [4.78, 5) is 26.1. The largest absolute Gasteiger partial charge is 0.423 e. The Bertz CT molecular complexity index is 1080. The molecule has 27 heavy (non-hydrogen) atoms. The number of benzene rings is 2. The predicted octanol–water partition coefficient (Wildman–Crippen LogP) is 5.55. The SMILES string of the molecule is CC(=O)Oc1c(Cl)cc(Cl)c2ccc(/C=C/c3ccc([N+](=O)[O-])cc3)nc12. The first-order valence-corrected chi connectivity index (χ1v) is 8.50. The highest BCUT2D eigenvalue weighted by molar-refractivity contribution is 6.39. The summed E-state index contributed by atoms with van der Waals surface area (Å²) in [5.41, 5.74) is 1.74. The van der Waals surface area contributed by atoms with Gasteiger partial charge in [0.15, 0.2) is 5.75 Å². The normalized spacial score (nSPS) is 11.1. The summed E-state index contributed by atoms with van der Waals surface area (Å²) in [7, 11) is 0. The summed E-state index contributed by atoms with van der Waals surface area (Å²) in [5, 5.41) is 11.9. The number of hydrogen-bond acceptors (Lipinski definition) is 5. The summed E-state index contributed by atoms with van der Waals surface area (Å²) in [6, 6.07) is 11.1. The van der Waals surface area contributed by atoms with Crippen molar-refractivity contribution < 1.29 is 14.5 Å². The van der Waals surface area contributed by atoms with Crippen molar-refractivity contribution in [2.75, 3.05) is 0 Å². The fourth-order valence-electron chi connectivity index (χ4n) is 2.43. The van der Waals surface area contributed by atoms with Crippen LogP contribution >= 0.6 is 23.2 Å². The number of esters is 1. The van der Waals surface area contributed by atoms with Crippen LogP contribution in [0.2, 0.25) is 10.0 Å². The Morgan fingerprint density at radius 3 is 2.44 bits per heavy atom. The lowest BCUT2D eigenvalue weighted by molar-refractivity contribution is -0.384. The second-order valence-corrected chi connectivity index (χ2v) is 6.39. The summed E-state index contributed by atoms with van der Waals surface area (Å²) in [5.74, 6) is -0.372. The maximum Gasteiger partial charge on any atom is 0.308 e. The van der Waals surface area contributed by atoms with Gasteiger partial charge in [0.05, 0.1) is 20.7 Å². The van der Waals surface area contributed by atoms with Crippen molar-refractivity contribution in [1.82, 2.24) is 4.98 Å². The molecular weight excluding hydrogens is 391 g/mol. The highest BCUT2D eigenvalue weighted by atomic mass is 35.5. The molecule has 0 N–H and O–H groups in total. The highest BCUT2D eigenvalue weighted by Crippen LogP contribution is 2.37. The number of hydrogen-bond donors (Lipinski definition) is 0. The van der Waals surface area contributed by atoms with Gasteiger partial charge in [-0.1, -0.05) is 29.3 Å². The molecule has 3 aromatic rings. The highest BCUT2D eigenvalue weighted by Gasteiger charge is 2.15. The molecule has 0 unspecified atom stereocenters. The first kappa shape index (κ1) is 18.8. The van der Waals surface area contributed by atoms with Crippen LogP contribution in [0, 0.1) is 10.1 Å². The topological polar surface area (TPSA) is 82.3 Å². The van der Waals surface area contributed by atoms with Gasteiger partial charge in [-0.15, -0.1) is 0 Å². The van der Waals surface area contributed by atoms with E-state index in [0.717, 1.165) is 5.56 Å². The molecule has 136 valence electrons. The first-order valence-electron chi connectivity index (χ1n) is 7.75. The van der Waals surface area contributed by atoms with Crippen molar-refractivity contribution in [3.63, 3.8) is 0 Å². The third-order valence-electron chi connectivity index (χ3n) is 3.66. The number of halogens is 2. The van der Waals surface area contributed by atoms with Gasteiger partial charge >= 0.3 is 5.97 Å². The van der Waals surface area contributed by atoms with Gasteiger partial charge in [-0.25, -0.2) is 4.98 Å². The number of carbonyl (C=O) groups excluding carboxylic acids is 1. The monoisotopic (exact) mass is 402 g/mol. The molecule has 0 saturated heterocycles. The van der Waals surface area contributed by atoms with Gasteiger partial charge in [0.1, 0.15) is 5.52 Å². The molecule has 0 aliphatic heterocycles. The van der Waals surface area contributed by atoms with Crippen LogP contribution in [0.1, 0.15) is 18.2 Å². The van der Waals surface area contributed by atoms with Gasteiger partial charge < -0.3 is 4.74 Å². The number of rotatable bonds is 4. The number of aromatic nitrogens is 1. The molecule has 0 radical (unpaired) electrons. The van der Waals surface area contributed by atoms with Crippen molar-refractivity contribution in [2.24, 2.45) is 0 Å². The quantitative estimate of drug-likeness (QED) is 0.247. The average molecular weight is 403 g/mol. The maximum atomic E-state index is 11.4. The molecule has 3 rings (SSSR count). The van der Waals surface area contributed by atoms with Crippen LogP contribution in [0.15, 0.2) is 42.5 Å². The van der Waals surface area contributed by atoms with E-state index in [1.54, 1.807) is 36.4 Å². The molecule has 1 aromatic heterocycles. The van der Waals surface area contributed by atoms with Crippen molar-refractivity contribution in [3.8, 4) is 5.75 Å². The molecular formula is C19H12Cl2N2O4. The summed E-state index contributed by atoms with van der Waals surface area (Å²) in [6.45, 7) is 1.27. The lowest BCUT2D eigenvalue weighted by atomic mass is 10.1. The van der Waals surface area contributed by atoms with E-state index in [1.165, 1.54) is 25.1 Å². The number of ether oxygens (including phenoxy) is 1. The molecule has 6 nitrogen and oxygen atoms in total. The number of nitro benzene ring substituents is 1. The second kappa shape index (κ2) is 7.73. The number of carbonyl (C=O) groups is 1. The minimum Gasteiger partial charge on any atom is -0.423 e. The van der Waals surface area contributed by atoms with Crippen LogP contribution in [0.3, 0.4) is 0 Å². The maximum absolute atomic E-state index is 11.4. The lowest BCUT2D eigenvalue weighted by Gasteiger charge is -2.10. The number of nitro groups is 1. The van der Waals surface area contributed by atoms with Gasteiger partial charge in [-0.05, 0) is 42.0 Å². The minimum absolute atomic E-state index is 0.0197. The Hall–Kier alpha value is -2.96. The minimum atomic E-state index is -0.519. The smallest absolute Gasteiger partial charge is 0.308 e. The van der Waals surface area contributed by atoms with Crippen LogP contribution in [0.4, 0.5) is 5.69 Å². The number of fused-ring (bicyclic) bond motifs is 1. The second-order valence-electron chi connectivity index (χ2n) is 5.58. The van der Waals surface area contributed by atoms with Crippen LogP contribution in [-0.4, -0.2) is 15.9 Å². The van der Waals surface area contributed by atoms with E-state index >= 15 is 0 Å². The van der Waals surface area contributed by atoms with E-state index in [9.17, 15) is 14.9 Å². The van der Waals surface area contributed by atoms with E-state index in [-0.39, 0.29) is 16.5 Å². The molecule has 0 saturated carbocycles. The van der Waals surface area contributed by atoms with Gasteiger partial charge in [0.2, 0.25) is 0 Å². The Kier molecular flexibility index (Phi) is 5.39. The van der Waals surface area contributed by atoms with Gasteiger partial charge in [-0.3, -0.25) is 14.9 Å². The standard InChI is InChI=1S/C19H12Cl2N2O4/c1-11(24)27-19-17(21)10-16(20)15-9-6-13(22-18(15)19)5-2-12-3-7-14(8-4-12)23(25)26/h2-10H,1H3/b5-2+. The summed E-state index contributed by atoms with van der Waals surface area (Å²) >= 11 is 12.3. The van der Waals surface area contributed by atoms with E-state index in [2.05, 4.69) is 4.98 Å². The first-order chi connectivity index (χ1) is 12.8. The van der Waals surface area contributed by atoms with Crippen LogP contribution in [-0.2, 0) is 4.79 Å². The number of nitrogens with zero attached hydrogens (tertiary/aromatic N) is 2. The molecule has 0 amide bonds. The molecule has 1 heterocycles. The predicted molar refractivity (Wildman–Crippen MR) is 105 cm³/mol. The Morgan fingerprint density at radius 2 is 1.81 bits per heavy atom. The zero-order valence-corrected chi connectivity index (χ0v) is 15.5. The third kappa shape index (κ3) is 4.24. The molecule has 0 spiro atoms. The molecule has 0 aliphatic carbocycles. The molecule has 0 aliphatic rings. The van der Waals surface area contributed by atoms with Crippen molar-refractivity contribution in [2.45, 2.75) is 6.92 Å². The van der Waals surface area contributed by atoms with Crippen LogP contribution in [0.5, 0.6) is 5.75 Å². The number of pyridine rings is 1. The Balaban J connectivity index is 2.00. The molecule has 2 aromatic carbocycles. The molecule has 0 fully saturated rings. The zero-order chi connectivity index (χ0) is 19.6.